The third-order valence-corrected chi connectivity index (χ3v) is 2.10. The Hall–Kier alpha value is -1.03. The molecule has 0 spiro atoms. The van der Waals surface area contributed by atoms with Crippen LogP contribution in [0.25, 0.3) is 0 Å². The van der Waals surface area contributed by atoms with Crippen LogP contribution >= 0.6 is 0 Å². The fourth-order valence-electron chi connectivity index (χ4n) is 1.27. The zero-order valence-corrected chi connectivity index (χ0v) is 9.25. The van der Waals surface area contributed by atoms with E-state index in [1.165, 1.54) is 0 Å². The lowest BCUT2D eigenvalue weighted by Crippen LogP contribution is -2.25. The Morgan fingerprint density at radius 1 is 1.50 bits per heavy atom. The molecule has 1 heterocycles. The van der Waals surface area contributed by atoms with Gasteiger partial charge in [0.05, 0.1) is 11.9 Å². The molecule has 14 heavy (non-hydrogen) atoms. The number of nitrogens with zero attached hydrogens (tertiary/aromatic N) is 2. The highest BCUT2D eigenvalue weighted by Crippen LogP contribution is 2.04. The number of hydrogen-bond donors (Lipinski definition) is 2. The van der Waals surface area contributed by atoms with Gasteiger partial charge in [0.15, 0.2) is 0 Å². The Morgan fingerprint density at radius 3 is 2.86 bits per heavy atom. The summed E-state index contributed by atoms with van der Waals surface area (Å²) in [5, 5.41) is 10.8. The maximum absolute atomic E-state index is 4.10. The van der Waals surface area contributed by atoms with Crippen LogP contribution in [-0.4, -0.2) is 29.4 Å². The van der Waals surface area contributed by atoms with Crippen LogP contribution in [0.2, 0.25) is 0 Å². The van der Waals surface area contributed by atoms with E-state index in [0.29, 0.717) is 5.92 Å². The van der Waals surface area contributed by atoms with E-state index in [-0.39, 0.29) is 0 Å². The van der Waals surface area contributed by atoms with E-state index < -0.39 is 0 Å². The number of nitrogens with one attached hydrogen (secondary N) is 2. The standard InChI is InChI=1S/C10H20N4/c1-4-11-5-9(2)6-12-10-7-13-14(3)8-10/h7-9,11-12H,4-6H2,1-3H3. The molecule has 0 amide bonds. The fourth-order valence-corrected chi connectivity index (χ4v) is 1.27. The largest absolute Gasteiger partial charge is 0.382 e. The smallest absolute Gasteiger partial charge is 0.0726 e. The summed E-state index contributed by atoms with van der Waals surface area (Å²) in [6.07, 6.45) is 3.83. The fraction of sp³-hybridized carbons (Fsp3) is 0.700. The topological polar surface area (TPSA) is 41.9 Å². The van der Waals surface area contributed by atoms with Gasteiger partial charge in [-0.3, -0.25) is 4.68 Å². The van der Waals surface area contributed by atoms with Gasteiger partial charge in [-0.15, -0.1) is 0 Å². The Morgan fingerprint density at radius 2 is 2.29 bits per heavy atom. The van der Waals surface area contributed by atoms with E-state index in [1.807, 2.05) is 19.4 Å². The lowest BCUT2D eigenvalue weighted by molar-refractivity contribution is 0.545. The summed E-state index contributed by atoms with van der Waals surface area (Å²) in [6.45, 7) is 7.44. The normalized spacial score (nSPS) is 12.8. The van der Waals surface area contributed by atoms with Gasteiger partial charge in [0.2, 0.25) is 0 Å². The number of rotatable bonds is 6. The van der Waals surface area contributed by atoms with Crippen molar-refractivity contribution in [3.05, 3.63) is 12.4 Å². The lowest BCUT2D eigenvalue weighted by Gasteiger charge is -2.12. The highest BCUT2D eigenvalue weighted by molar-refractivity contribution is 5.37. The van der Waals surface area contributed by atoms with Crippen molar-refractivity contribution in [1.82, 2.24) is 15.1 Å². The van der Waals surface area contributed by atoms with Gasteiger partial charge < -0.3 is 10.6 Å². The molecule has 0 aliphatic heterocycles. The maximum atomic E-state index is 4.10. The van der Waals surface area contributed by atoms with Crippen LogP contribution in [-0.2, 0) is 7.05 Å². The van der Waals surface area contributed by atoms with Gasteiger partial charge in [-0.25, -0.2) is 0 Å². The van der Waals surface area contributed by atoms with E-state index in [1.54, 1.807) is 4.68 Å². The van der Waals surface area contributed by atoms with E-state index in [0.717, 1.165) is 25.3 Å². The van der Waals surface area contributed by atoms with Crippen LogP contribution in [0, 0.1) is 5.92 Å². The minimum Gasteiger partial charge on any atom is -0.382 e. The summed E-state index contributed by atoms with van der Waals surface area (Å²) in [7, 11) is 1.92. The molecular weight excluding hydrogens is 176 g/mol. The monoisotopic (exact) mass is 196 g/mol. The second kappa shape index (κ2) is 5.65. The molecular formula is C10H20N4. The van der Waals surface area contributed by atoms with E-state index in [4.69, 9.17) is 0 Å². The first kappa shape index (κ1) is 11.0. The van der Waals surface area contributed by atoms with Gasteiger partial charge in [0.25, 0.3) is 0 Å². The molecule has 4 heteroatoms. The summed E-state index contributed by atoms with van der Waals surface area (Å²) in [5.74, 6) is 0.634. The second-order valence-electron chi connectivity index (χ2n) is 3.70. The molecule has 0 aliphatic rings. The van der Waals surface area contributed by atoms with Crippen molar-refractivity contribution in [1.29, 1.82) is 0 Å². The Balaban J connectivity index is 2.20. The molecule has 4 nitrogen and oxygen atoms in total. The summed E-state index contributed by atoms with van der Waals surface area (Å²) in [4.78, 5) is 0. The van der Waals surface area contributed by atoms with E-state index in [9.17, 15) is 0 Å². The number of hydrogen-bond acceptors (Lipinski definition) is 3. The predicted octanol–water partition coefficient (Wildman–Crippen LogP) is 1.08. The van der Waals surface area contributed by atoms with Crippen LogP contribution < -0.4 is 10.6 Å². The van der Waals surface area contributed by atoms with Crippen LogP contribution in [0.3, 0.4) is 0 Å². The Labute approximate surface area is 85.7 Å². The molecule has 0 radical (unpaired) electrons. The Kier molecular flexibility index (Phi) is 4.46. The first-order valence-corrected chi connectivity index (χ1v) is 5.15. The van der Waals surface area contributed by atoms with Crippen molar-refractivity contribution in [3.8, 4) is 0 Å². The van der Waals surface area contributed by atoms with Crippen molar-refractivity contribution in [2.45, 2.75) is 13.8 Å². The molecule has 1 aromatic heterocycles. The lowest BCUT2D eigenvalue weighted by atomic mass is 10.2. The van der Waals surface area contributed by atoms with Crippen LogP contribution in [0.4, 0.5) is 5.69 Å². The van der Waals surface area contributed by atoms with Crippen molar-refractivity contribution < 1.29 is 0 Å². The highest BCUT2D eigenvalue weighted by Gasteiger charge is 2.01. The number of aryl methyl sites for hydroxylation is 1. The predicted molar refractivity (Wildman–Crippen MR) is 59.4 cm³/mol. The third kappa shape index (κ3) is 3.79. The highest BCUT2D eigenvalue weighted by atomic mass is 15.3. The second-order valence-corrected chi connectivity index (χ2v) is 3.70. The minimum atomic E-state index is 0.634. The molecule has 2 N–H and O–H groups in total. The number of anilines is 1. The first-order chi connectivity index (χ1) is 6.72. The average Bonchev–Trinajstić information content (AvgIpc) is 2.58. The molecule has 0 aromatic carbocycles. The van der Waals surface area contributed by atoms with Gasteiger partial charge in [-0.2, -0.15) is 5.10 Å². The van der Waals surface area contributed by atoms with Crippen LogP contribution in [0.5, 0.6) is 0 Å². The summed E-state index contributed by atoms with van der Waals surface area (Å²) in [5.41, 5.74) is 1.09. The van der Waals surface area contributed by atoms with Gasteiger partial charge >= 0.3 is 0 Å². The molecule has 0 saturated heterocycles. The van der Waals surface area contributed by atoms with E-state index >= 15 is 0 Å². The molecule has 1 unspecified atom stereocenters. The van der Waals surface area contributed by atoms with Gasteiger partial charge in [-0.05, 0) is 19.0 Å². The first-order valence-electron chi connectivity index (χ1n) is 5.15. The van der Waals surface area contributed by atoms with E-state index in [2.05, 4.69) is 29.6 Å². The molecule has 1 rings (SSSR count). The van der Waals surface area contributed by atoms with Crippen LogP contribution in [0.15, 0.2) is 12.4 Å². The molecule has 1 atom stereocenters. The average molecular weight is 196 g/mol. The molecule has 0 fully saturated rings. The summed E-state index contributed by atoms with van der Waals surface area (Å²) >= 11 is 0. The maximum Gasteiger partial charge on any atom is 0.0726 e. The minimum absolute atomic E-state index is 0.634. The SMILES string of the molecule is CCNCC(C)CNc1cnn(C)c1. The quantitative estimate of drug-likeness (QED) is 0.715. The van der Waals surface area contributed by atoms with Crippen molar-refractivity contribution in [2.24, 2.45) is 13.0 Å². The zero-order valence-electron chi connectivity index (χ0n) is 9.25. The van der Waals surface area contributed by atoms with Gasteiger partial charge in [0.1, 0.15) is 0 Å². The summed E-state index contributed by atoms with van der Waals surface area (Å²) < 4.78 is 1.80. The molecule has 1 aromatic rings. The summed E-state index contributed by atoms with van der Waals surface area (Å²) in [6, 6.07) is 0. The molecule has 0 bridgehead atoms. The van der Waals surface area contributed by atoms with Gasteiger partial charge in [-0.1, -0.05) is 13.8 Å². The zero-order chi connectivity index (χ0) is 10.4. The molecule has 0 aliphatic carbocycles. The Bertz CT molecular complexity index is 256. The number of aromatic nitrogens is 2. The van der Waals surface area contributed by atoms with Crippen LogP contribution in [0.1, 0.15) is 13.8 Å². The van der Waals surface area contributed by atoms with Crippen molar-refractivity contribution >= 4 is 5.69 Å². The van der Waals surface area contributed by atoms with Crippen molar-refractivity contribution in [2.75, 3.05) is 25.0 Å². The molecule has 0 saturated carbocycles. The third-order valence-electron chi connectivity index (χ3n) is 2.10. The molecule has 80 valence electrons. The van der Waals surface area contributed by atoms with Crippen molar-refractivity contribution in [3.63, 3.8) is 0 Å². The van der Waals surface area contributed by atoms with Gasteiger partial charge in [0, 0.05) is 19.8 Å².